The van der Waals surface area contributed by atoms with Crippen LogP contribution in [0.2, 0.25) is 0 Å². The summed E-state index contributed by atoms with van der Waals surface area (Å²) in [6, 6.07) is 2.01. The third-order valence-electron chi connectivity index (χ3n) is 5.09. The molecule has 2 atom stereocenters. The SMILES string of the molecule is Cc1c(CNC(=O)c2cc3n(n2)[C@@H](C(F)(F)F)C[C@H](c2ccco2)N3)cnn1C. The zero-order valence-corrected chi connectivity index (χ0v) is 15.7. The summed E-state index contributed by atoms with van der Waals surface area (Å²) < 4.78 is 48.6. The van der Waals surface area contributed by atoms with E-state index in [0.717, 1.165) is 15.9 Å². The Labute approximate surface area is 163 Å². The number of furan rings is 1. The molecule has 3 aromatic heterocycles. The summed E-state index contributed by atoms with van der Waals surface area (Å²) >= 11 is 0. The number of rotatable bonds is 4. The van der Waals surface area contributed by atoms with Gasteiger partial charge in [0.1, 0.15) is 11.6 Å². The highest BCUT2D eigenvalue weighted by Crippen LogP contribution is 2.43. The van der Waals surface area contributed by atoms with Crippen LogP contribution in [0.1, 0.15) is 46.0 Å². The molecule has 0 spiro atoms. The number of anilines is 1. The van der Waals surface area contributed by atoms with Gasteiger partial charge in [0.15, 0.2) is 11.7 Å². The fourth-order valence-corrected chi connectivity index (χ4v) is 3.34. The Hall–Kier alpha value is -3.24. The Bertz CT molecular complexity index is 1020. The predicted octanol–water partition coefficient (Wildman–Crippen LogP) is 3.11. The van der Waals surface area contributed by atoms with E-state index in [4.69, 9.17) is 4.42 Å². The summed E-state index contributed by atoms with van der Waals surface area (Å²) in [5.74, 6) is -0.0557. The average Bonchev–Trinajstić information content (AvgIpc) is 3.40. The van der Waals surface area contributed by atoms with Gasteiger partial charge in [0.05, 0.1) is 18.5 Å². The molecule has 3 aromatic rings. The highest BCUT2D eigenvalue weighted by atomic mass is 19.4. The highest BCUT2D eigenvalue weighted by Gasteiger charge is 2.47. The van der Waals surface area contributed by atoms with E-state index in [9.17, 15) is 18.0 Å². The van der Waals surface area contributed by atoms with Crippen LogP contribution in [-0.4, -0.2) is 31.6 Å². The molecule has 0 fully saturated rings. The van der Waals surface area contributed by atoms with Crippen molar-refractivity contribution in [2.24, 2.45) is 7.05 Å². The van der Waals surface area contributed by atoms with E-state index in [1.807, 2.05) is 6.92 Å². The number of aromatic nitrogens is 4. The van der Waals surface area contributed by atoms with Gasteiger partial charge in [-0.1, -0.05) is 0 Å². The summed E-state index contributed by atoms with van der Waals surface area (Å²) in [5.41, 5.74) is 1.60. The van der Waals surface area contributed by atoms with Crippen molar-refractivity contribution in [2.75, 3.05) is 5.32 Å². The second-order valence-electron chi connectivity index (χ2n) is 6.93. The number of hydrogen-bond acceptors (Lipinski definition) is 5. The molecule has 4 heterocycles. The lowest BCUT2D eigenvalue weighted by Gasteiger charge is -2.32. The zero-order chi connectivity index (χ0) is 20.8. The Morgan fingerprint density at radius 3 is 2.86 bits per heavy atom. The molecular weight excluding hydrogens is 389 g/mol. The van der Waals surface area contributed by atoms with Crippen LogP contribution in [0.3, 0.4) is 0 Å². The van der Waals surface area contributed by atoms with Crippen LogP contribution < -0.4 is 10.6 Å². The average molecular weight is 408 g/mol. The van der Waals surface area contributed by atoms with Gasteiger partial charge in [-0.2, -0.15) is 23.4 Å². The van der Waals surface area contributed by atoms with E-state index in [2.05, 4.69) is 20.8 Å². The van der Waals surface area contributed by atoms with Crippen LogP contribution >= 0.6 is 0 Å². The van der Waals surface area contributed by atoms with Gasteiger partial charge in [-0.15, -0.1) is 0 Å². The van der Waals surface area contributed by atoms with Crippen molar-refractivity contribution in [3.8, 4) is 0 Å². The second-order valence-corrected chi connectivity index (χ2v) is 6.93. The Balaban J connectivity index is 1.57. The lowest BCUT2D eigenvalue weighted by Crippen LogP contribution is -2.35. The van der Waals surface area contributed by atoms with Crippen LogP contribution in [-0.2, 0) is 13.6 Å². The fraction of sp³-hybridized carbons (Fsp3) is 0.389. The standard InChI is InChI=1S/C18H19F3N6O2/c1-10-11(9-23-26(10)2)8-22-17(28)13-7-16-24-12(14-4-3-5-29-14)6-15(18(19,20)21)27(16)25-13/h3-5,7,9,12,15,24H,6,8H2,1-2H3,(H,22,28)/t12-,15-/m1/s1. The number of alkyl halides is 3. The molecule has 0 saturated heterocycles. The van der Waals surface area contributed by atoms with Gasteiger partial charge in [0.2, 0.25) is 0 Å². The minimum absolute atomic E-state index is 0.0941. The molecule has 0 aromatic carbocycles. The lowest BCUT2D eigenvalue weighted by atomic mass is 10.0. The van der Waals surface area contributed by atoms with Crippen molar-refractivity contribution < 1.29 is 22.4 Å². The van der Waals surface area contributed by atoms with E-state index in [0.29, 0.717) is 5.76 Å². The molecule has 0 saturated carbocycles. The van der Waals surface area contributed by atoms with Gasteiger partial charge < -0.3 is 15.1 Å². The monoisotopic (exact) mass is 408 g/mol. The maximum Gasteiger partial charge on any atom is 0.410 e. The first-order valence-electron chi connectivity index (χ1n) is 8.96. The molecule has 4 rings (SSSR count). The maximum absolute atomic E-state index is 13.6. The van der Waals surface area contributed by atoms with Gasteiger partial charge in [0.25, 0.3) is 5.91 Å². The van der Waals surface area contributed by atoms with Crippen molar-refractivity contribution in [3.05, 3.63) is 53.4 Å². The minimum Gasteiger partial charge on any atom is -0.467 e. The Morgan fingerprint density at radius 2 is 2.24 bits per heavy atom. The fourth-order valence-electron chi connectivity index (χ4n) is 3.34. The third-order valence-corrected chi connectivity index (χ3v) is 5.09. The Kier molecular flexibility index (Phi) is 4.59. The first-order valence-corrected chi connectivity index (χ1v) is 8.96. The molecule has 0 aliphatic carbocycles. The normalized spacial score (nSPS) is 18.9. The van der Waals surface area contributed by atoms with E-state index in [-0.39, 0.29) is 24.5 Å². The van der Waals surface area contributed by atoms with E-state index in [1.165, 1.54) is 12.3 Å². The quantitative estimate of drug-likeness (QED) is 0.692. The number of amides is 1. The number of aryl methyl sites for hydroxylation is 1. The molecule has 1 aliphatic heterocycles. The lowest BCUT2D eigenvalue weighted by molar-refractivity contribution is -0.174. The summed E-state index contributed by atoms with van der Waals surface area (Å²) in [6.45, 7) is 2.06. The molecule has 2 N–H and O–H groups in total. The van der Waals surface area contributed by atoms with Crippen molar-refractivity contribution in [1.82, 2.24) is 24.9 Å². The molecule has 1 amide bonds. The smallest absolute Gasteiger partial charge is 0.410 e. The summed E-state index contributed by atoms with van der Waals surface area (Å²) in [7, 11) is 1.78. The molecule has 0 unspecified atom stereocenters. The van der Waals surface area contributed by atoms with Crippen LogP contribution in [0.5, 0.6) is 0 Å². The highest BCUT2D eigenvalue weighted by molar-refractivity contribution is 5.93. The molecule has 1 aliphatic rings. The second kappa shape index (κ2) is 6.98. The van der Waals surface area contributed by atoms with Crippen molar-refractivity contribution in [1.29, 1.82) is 0 Å². The topological polar surface area (TPSA) is 89.9 Å². The number of nitrogens with zero attached hydrogens (tertiary/aromatic N) is 4. The van der Waals surface area contributed by atoms with Crippen LogP contribution in [0.25, 0.3) is 0 Å². The minimum atomic E-state index is -4.52. The number of hydrogen-bond donors (Lipinski definition) is 2. The molecule has 154 valence electrons. The molecular formula is C18H19F3N6O2. The van der Waals surface area contributed by atoms with E-state index < -0.39 is 24.2 Å². The Morgan fingerprint density at radius 1 is 1.45 bits per heavy atom. The van der Waals surface area contributed by atoms with E-state index in [1.54, 1.807) is 30.1 Å². The first kappa shape index (κ1) is 19.1. The van der Waals surface area contributed by atoms with E-state index >= 15 is 0 Å². The molecule has 0 radical (unpaired) electrons. The molecule has 8 nitrogen and oxygen atoms in total. The number of fused-ring (bicyclic) bond motifs is 1. The number of carbonyl (C=O) groups is 1. The number of nitrogens with one attached hydrogen (secondary N) is 2. The van der Waals surface area contributed by atoms with Crippen molar-refractivity contribution in [2.45, 2.75) is 38.1 Å². The molecule has 29 heavy (non-hydrogen) atoms. The van der Waals surface area contributed by atoms with Gasteiger partial charge in [-0.05, 0) is 19.1 Å². The summed E-state index contributed by atoms with van der Waals surface area (Å²) in [5, 5.41) is 13.7. The van der Waals surface area contributed by atoms with Crippen LogP contribution in [0.4, 0.5) is 19.0 Å². The zero-order valence-electron chi connectivity index (χ0n) is 15.7. The molecule has 11 heteroatoms. The maximum atomic E-state index is 13.6. The van der Waals surface area contributed by atoms with Crippen LogP contribution in [0, 0.1) is 6.92 Å². The molecule has 0 bridgehead atoms. The van der Waals surface area contributed by atoms with Gasteiger partial charge in [-0.3, -0.25) is 9.48 Å². The summed E-state index contributed by atoms with van der Waals surface area (Å²) in [4.78, 5) is 12.5. The van der Waals surface area contributed by atoms with Crippen LogP contribution in [0.15, 0.2) is 35.1 Å². The van der Waals surface area contributed by atoms with Crippen molar-refractivity contribution in [3.63, 3.8) is 0 Å². The first-order chi connectivity index (χ1) is 13.7. The van der Waals surface area contributed by atoms with Gasteiger partial charge >= 0.3 is 6.18 Å². The third kappa shape index (κ3) is 3.59. The van der Waals surface area contributed by atoms with Gasteiger partial charge in [0, 0.05) is 37.3 Å². The largest absolute Gasteiger partial charge is 0.467 e. The predicted molar refractivity (Wildman–Crippen MR) is 96.1 cm³/mol. The summed E-state index contributed by atoms with van der Waals surface area (Å²) in [6.07, 6.45) is -1.77. The van der Waals surface area contributed by atoms with Crippen molar-refractivity contribution >= 4 is 11.7 Å². The van der Waals surface area contributed by atoms with Gasteiger partial charge in [-0.25, -0.2) is 4.68 Å². The number of carbonyl (C=O) groups excluding carboxylic acids is 1. The number of halogens is 3.